The van der Waals surface area contributed by atoms with Crippen molar-refractivity contribution in [1.82, 2.24) is 25.1 Å². The van der Waals surface area contributed by atoms with Gasteiger partial charge in [-0.1, -0.05) is 11.3 Å². The molecule has 0 aromatic carbocycles. The number of aryl methyl sites for hydroxylation is 2. The van der Waals surface area contributed by atoms with Gasteiger partial charge in [0, 0.05) is 42.4 Å². The summed E-state index contributed by atoms with van der Waals surface area (Å²) in [6, 6.07) is 5.72. The summed E-state index contributed by atoms with van der Waals surface area (Å²) in [5.41, 5.74) is 2.76. The van der Waals surface area contributed by atoms with E-state index in [0.29, 0.717) is 17.6 Å². The summed E-state index contributed by atoms with van der Waals surface area (Å²) < 4.78 is 0. The molecule has 0 bridgehead atoms. The topological polar surface area (TPSA) is 96.8 Å². The molecule has 1 saturated heterocycles. The van der Waals surface area contributed by atoms with Gasteiger partial charge in [0.1, 0.15) is 0 Å². The number of pyridine rings is 1. The Bertz CT molecular complexity index is 955. The van der Waals surface area contributed by atoms with Crippen LogP contribution >= 0.6 is 11.3 Å². The molecule has 0 saturated carbocycles. The largest absolute Gasteiger partial charge is 0.340 e. The first-order valence-electron chi connectivity index (χ1n) is 9.20. The number of hydrogen-bond acceptors (Lipinski definition) is 8. The van der Waals surface area contributed by atoms with Crippen molar-refractivity contribution in [3.05, 3.63) is 42.0 Å². The lowest BCUT2D eigenvalue weighted by atomic mass is 9.97. The maximum atomic E-state index is 12.8. The molecule has 4 heterocycles. The first-order valence-corrected chi connectivity index (χ1v) is 10.0. The van der Waals surface area contributed by atoms with Crippen LogP contribution in [0.25, 0.3) is 10.6 Å². The molecule has 1 aliphatic rings. The summed E-state index contributed by atoms with van der Waals surface area (Å²) in [6.07, 6.45) is 5.20. The van der Waals surface area contributed by atoms with Crippen molar-refractivity contribution < 1.29 is 4.79 Å². The molecule has 0 aliphatic carbocycles. The van der Waals surface area contributed by atoms with E-state index in [-0.39, 0.29) is 11.8 Å². The van der Waals surface area contributed by atoms with Crippen LogP contribution in [0.1, 0.15) is 24.2 Å². The van der Waals surface area contributed by atoms with E-state index >= 15 is 0 Å². The lowest BCUT2D eigenvalue weighted by molar-refractivity contribution is -0.120. The Morgan fingerprint density at radius 2 is 2.07 bits per heavy atom. The molecular formula is C19H21N7OS. The first-order chi connectivity index (χ1) is 13.6. The fraction of sp³-hybridized carbons (Fsp3) is 0.368. The van der Waals surface area contributed by atoms with Crippen molar-refractivity contribution in [2.75, 3.05) is 23.3 Å². The van der Waals surface area contributed by atoms with E-state index in [9.17, 15) is 4.79 Å². The molecule has 3 aromatic heterocycles. The van der Waals surface area contributed by atoms with Crippen LogP contribution in [0.3, 0.4) is 0 Å². The van der Waals surface area contributed by atoms with Gasteiger partial charge in [0.2, 0.25) is 17.0 Å². The Labute approximate surface area is 167 Å². The number of hydrogen-bond donors (Lipinski definition) is 1. The van der Waals surface area contributed by atoms with Crippen LogP contribution in [-0.2, 0) is 4.79 Å². The minimum absolute atomic E-state index is 0.0389. The normalized spacial score (nSPS) is 16.8. The minimum Gasteiger partial charge on any atom is -0.340 e. The van der Waals surface area contributed by atoms with Gasteiger partial charge in [0.05, 0.1) is 5.92 Å². The summed E-state index contributed by atoms with van der Waals surface area (Å²) >= 11 is 1.35. The predicted molar refractivity (Wildman–Crippen MR) is 108 cm³/mol. The fourth-order valence-electron chi connectivity index (χ4n) is 3.31. The highest BCUT2D eigenvalue weighted by Crippen LogP contribution is 2.27. The number of amides is 1. The molecule has 1 aliphatic heterocycles. The van der Waals surface area contributed by atoms with Gasteiger partial charge in [-0.3, -0.25) is 9.78 Å². The Kier molecular flexibility index (Phi) is 5.25. The van der Waals surface area contributed by atoms with E-state index in [2.05, 4.69) is 35.4 Å². The minimum atomic E-state index is -0.135. The standard InChI is InChI=1S/C19H21N7OS/c1-12-9-13(2)22-18(21-12)26-8-4-6-15(11-26)16(27)23-19-25-24-17(28-19)14-5-3-7-20-10-14/h3,5,7,9-10,15H,4,6,8,11H2,1-2H3,(H,23,25,27)/t15-/m0/s1. The van der Waals surface area contributed by atoms with Crippen molar-refractivity contribution in [2.45, 2.75) is 26.7 Å². The molecule has 8 nitrogen and oxygen atoms in total. The van der Waals surface area contributed by atoms with E-state index in [4.69, 9.17) is 0 Å². The third-order valence-corrected chi connectivity index (χ3v) is 5.50. The van der Waals surface area contributed by atoms with Crippen LogP contribution in [0.4, 0.5) is 11.1 Å². The third-order valence-electron chi connectivity index (χ3n) is 4.61. The number of rotatable bonds is 4. The molecular weight excluding hydrogens is 374 g/mol. The molecule has 3 aromatic rings. The van der Waals surface area contributed by atoms with Gasteiger partial charge in [-0.05, 0) is 44.9 Å². The molecule has 144 valence electrons. The second-order valence-corrected chi connectivity index (χ2v) is 7.86. The van der Waals surface area contributed by atoms with Crippen molar-refractivity contribution in [2.24, 2.45) is 5.92 Å². The molecule has 1 amide bonds. The number of nitrogens with one attached hydrogen (secondary N) is 1. The van der Waals surface area contributed by atoms with Crippen molar-refractivity contribution >= 4 is 28.3 Å². The van der Waals surface area contributed by atoms with Gasteiger partial charge in [-0.15, -0.1) is 10.2 Å². The van der Waals surface area contributed by atoms with Crippen LogP contribution in [-0.4, -0.2) is 44.1 Å². The second-order valence-electron chi connectivity index (χ2n) is 6.88. The fourth-order valence-corrected chi connectivity index (χ4v) is 4.05. The van der Waals surface area contributed by atoms with Crippen molar-refractivity contribution in [1.29, 1.82) is 0 Å². The average molecular weight is 395 g/mol. The van der Waals surface area contributed by atoms with Crippen molar-refractivity contribution in [3.8, 4) is 10.6 Å². The molecule has 4 rings (SSSR count). The Morgan fingerprint density at radius 3 is 2.82 bits per heavy atom. The monoisotopic (exact) mass is 395 g/mol. The highest BCUT2D eigenvalue weighted by Gasteiger charge is 2.28. The smallest absolute Gasteiger partial charge is 0.231 e. The number of carbonyl (C=O) groups is 1. The van der Waals surface area contributed by atoms with Gasteiger partial charge in [0.15, 0.2) is 5.01 Å². The predicted octanol–water partition coefficient (Wildman–Crippen LogP) is 2.86. The van der Waals surface area contributed by atoms with Crippen molar-refractivity contribution in [3.63, 3.8) is 0 Å². The van der Waals surface area contributed by atoms with Crippen LogP contribution in [0.15, 0.2) is 30.6 Å². The maximum absolute atomic E-state index is 12.8. The molecule has 9 heteroatoms. The zero-order valence-corrected chi connectivity index (χ0v) is 16.6. The van der Waals surface area contributed by atoms with E-state index in [0.717, 1.165) is 41.3 Å². The summed E-state index contributed by atoms with van der Waals surface area (Å²) in [6.45, 7) is 5.38. The molecule has 0 radical (unpaired) electrons. The highest BCUT2D eigenvalue weighted by molar-refractivity contribution is 7.18. The van der Waals surface area contributed by atoms with Gasteiger partial charge in [0.25, 0.3) is 0 Å². The molecule has 0 spiro atoms. The number of carbonyl (C=O) groups excluding carboxylic acids is 1. The van der Waals surface area contributed by atoms with E-state index in [1.807, 2.05) is 32.0 Å². The van der Waals surface area contributed by atoms with E-state index < -0.39 is 0 Å². The number of aromatic nitrogens is 5. The molecule has 0 unspecified atom stereocenters. The molecule has 1 N–H and O–H groups in total. The Balaban J connectivity index is 1.43. The van der Waals surface area contributed by atoms with Gasteiger partial charge in [-0.2, -0.15) is 0 Å². The van der Waals surface area contributed by atoms with Gasteiger partial charge < -0.3 is 10.2 Å². The van der Waals surface area contributed by atoms with Crippen LogP contribution in [0, 0.1) is 19.8 Å². The first kappa shape index (κ1) is 18.4. The van der Waals surface area contributed by atoms with E-state index in [1.54, 1.807) is 12.4 Å². The number of piperidine rings is 1. The summed E-state index contributed by atoms with van der Waals surface area (Å²) in [5, 5.41) is 12.4. The highest BCUT2D eigenvalue weighted by atomic mass is 32.1. The lowest BCUT2D eigenvalue weighted by Crippen LogP contribution is -2.41. The molecule has 1 atom stereocenters. The zero-order chi connectivity index (χ0) is 19.5. The summed E-state index contributed by atoms with van der Waals surface area (Å²) in [4.78, 5) is 28.0. The second kappa shape index (κ2) is 7.97. The van der Waals surface area contributed by atoms with Gasteiger partial charge >= 0.3 is 0 Å². The SMILES string of the molecule is Cc1cc(C)nc(N2CCC[C@H](C(=O)Nc3nnc(-c4cccnc4)s3)C2)n1. The summed E-state index contributed by atoms with van der Waals surface area (Å²) in [5.74, 6) is 0.525. The lowest BCUT2D eigenvalue weighted by Gasteiger charge is -2.32. The van der Waals surface area contributed by atoms with Crippen LogP contribution in [0.2, 0.25) is 0 Å². The quantitative estimate of drug-likeness (QED) is 0.725. The van der Waals surface area contributed by atoms with Crippen LogP contribution < -0.4 is 10.2 Å². The molecule has 1 fully saturated rings. The number of nitrogens with zero attached hydrogens (tertiary/aromatic N) is 6. The van der Waals surface area contributed by atoms with Crippen LogP contribution in [0.5, 0.6) is 0 Å². The Hall–Kier alpha value is -2.94. The maximum Gasteiger partial charge on any atom is 0.231 e. The Morgan fingerprint density at radius 1 is 1.25 bits per heavy atom. The van der Waals surface area contributed by atoms with Gasteiger partial charge in [-0.25, -0.2) is 9.97 Å². The molecule has 28 heavy (non-hydrogen) atoms. The average Bonchev–Trinajstić information content (AvgIpc) is 3.16. The third kappa shape index (κ3) is 4.14. The van der Waals surface area contributed by atoms with E-state index in [1.165, 1.54) is 11.3 Å². The summed E-state index contributed by atoms with van der Waals surface area (Å²) in [7, 11) is 0. The number of anilines is 2. The zero-order valence-electron chi connectivity index (χ0n) is 15.8.